The predicted octanol–water partition coefficient (Wildman–Crippen LogP) is 1.56. The SMILES string of the molecule is CC1(Br)C=CC=C(N)C(C(=O)O)=C1. The molecular formula is C9H10BrNO2. The summed E-state index contributed by atoms with van der Waals surface area (Å²) in [7, 11) is 0. The zero-order valence-electron chi connectivity index (χ0n) is 7.12. The third kappa shape index (κ3) is 2.45. The summed E-state index contributed by atoms with van der Waals surface area (Å²) in [6.45, 7) is 1.85. The highest BCUT2D eigenvalue weighted by Gasteiger charge is 2.20. The Morgan fingerprint density at radius 1 is 1.69 bits per heavy atom. The summed E-state index contributed by atoms with van der Waals surface area (Å²) in [6.07, 6.45) is 6.71. The fourth-order valence-electron chi connectivity index (χ4n) is 1.03. The molecule has 0 saturated heterocycles. The Bertz CT molecular complexity index is 327. The van der Waals surface area contributed by atoms with Crippen molar-refractivity contribution in [1.29, 1.82) is 0 Å². The molecule has 13 heavy (non-hydrogen) atoms. The van der Waals surface area contributed by atoms with E-state index in [1.165, 1.54) is 0 Å². The van der Waals surface area contributed by atoms with Gasteiger partial charge in [-0.2, -0.15) is 0 Å². The molecule has 70 valence electrons. The molecule has 1 aliphatic carbocycles. The Kier molecular flexibility index (Phi) is 2.61. The van der Waals surface area contributed by atoms with Gasteiger partial charge >= 0.3 is 5.97 Å². The molecule has 1 rings (SSSR count). The first-order valence-corrected chi connectivity index (χ1v) is 4.52. The molecule has 0 aromatic heterocycles. The van der Waals surface area contributed by atoms with Gasteiger partial charge in [0.1, 0.15) is 0 Å². The summed E-state index contributed by atoms with van der Waals surface area (Å²) in [5.41, 5.74) is 5.94. The van der Waals surface area contributed by atoms with E-state index >= 15 is 0 Å². The molecule has 0 amide bonds. The zero-order valence-corrected chi connectivity index (χ0v) is 8.71. The number of carboxylic acids is 1. The predicted molar refractivity (Wildman–Crippen MR) is 54.5 cm³/mol. The van der Waals surface area contributed by atoms with Gasteiger partial charge < -0.3 is 10.8 Å². The van der Waals surface area contributed by atoms with Crippen molar-refractivity contribution in [3.05, 3.63) is 35.6 Å². The largest absolute Gasteiger partial charge is 0.478 e. The number of hydrogen-bond donors (Lipinski definition) is 2. The minimum atomic E-state index is -1.01. The van der Waals surface area contributed by atoms with Crippen LogP contribution in [-0.2, 0) is 4.79 Å². The van der Waals surface area contributed by atoms with Crippen LogP contribution < -0.4 is 5.73 Å². The lowest BCUT2D eigenvalue weighted by Crippen LogP contribution is -2.14. The molecule has 0 radical (unpaired) electrons. The lowest BCUT2D eigenvalue weighted by molar-refractivity contribution is -0.132. The van der Waals surface area contributed by atoms with Gasteiger partial charge in [-0.15, -0.1) is 0 Å². The normalized spacial score (nSPS) is 27.5. The Labute approximate surface area is 84.7 Å². The van der Waals surface area contributed by atoms with Crippen molar-refractivity contribution in [2.75, 3.05) is 0 Å². The molecule has 0 saturated carbocycles. The Hall–Kier alpha value is -1.03. The van der Waals surface area contributed by atoms with Crippen LogP contribution >= 0.6 is 15.9 Å². The van der Waals surface area contributed by atoms with E-state index in [1.54, 1.807) is 18.2 Å². The Morgan fingerprint density at radius 2 is 2.31 bits per heavy atom. The molecule has 4 heteroatoms. The first kappa shape index (κ1) is 10.1. The van der Waals surface area contributed by atoms with E-state index in [2.05, 4.69) is 15.9 Å². The lowest BCUT2D eigenvalue weighted by Gasteiger charge is -2.12. The second-order valence-electron chi connectivity index (χ2n) is 3.00. The van der Waals surface area contributed by atoms with Crippen molar-refractivity contribution in [1.82, 2.24) is 0 Å². The summed E-state index contributed by atoms with van der Waals surface area (Å²) >= 11 is 3.36. The van der Waals surface area contributed by atoms with Crippen LogP contribution in [0.5, 0.6) is 0 Å². The molecule has 1 atom stereocenters. The highest BCUT2D eigenvalue weighted by molar-refractivity contribution is 9.10. The number of halogens is 1. The number of alkyl halides is 1. The summed E-state index contributed by atoms with van der Waals surface area (Å²) in [5.74, 6) is -1.01. The molecular weight excluding hydrogens is 234 g/mol. The monoisotopic (exact) mass is 243 g/mol. The van der Waals surface area contributed by atoms with E-state index in [9.17, 15) is 4.79 Å². The van der Waals surface area contributed by atoms with Crippen molar-refractivity contribution in [2.45, 2.75) is 11.2 Å². The van der Waals surface area contributed by atoms with Gasteiger partial charge in [-0.25, -0.2) is 4.79 Å². The van der Waals surface area contributed by atoms with Crippen LogP contribution in [0.3, 0.4) is 0 Å². The number of nitrogens with two attached hydrogens (primary N) is 1. The number of carboxylic acid groups (broad SMARTS) is 1. The van der Waals surface area contributed by atoms with Crippen molar-refractivity contribution in [2.24, 2.45) is 5.73 Å². The number of aliphatic carboxylic acids is 1. The zero-order chi connectivity index (χ0) is 10.1. The molecule has 0 bridgehead atoms. The Morgan fingerprint density at radius 3 is 2.85 bits per heavy atom. The van der Waals surface area contributed by atoms with Gasteiger partial charge in [0.25, 0.3) is 0 Å². The minimum absolute atomic E-state index is 0.129. The molecule has 3 nitrogen and oxygen atoms in total. The fourth-order valence-corrected chi connectivity index (χ4v) is 1.41. The minimum Gasteiger partial charge on any atom is -0.478 e. The van der Waals surface area contributed by atoms with Crippen LogP contribution in [0.4, 0.5) is 0 Å². The third-order valence-electron chi connectivity index (χ3n) is 1.67. The maximum absolute atomic E-state index is 10.8. The lowest BCUT2D eigenvalue weighted by atomic mass is 10.1. The van der Waals surface area contributed by atoms with E-state index in [-0.39, 0.29) is 11.3 Å². The average molecular weight is 244 g/mol. The number of rotatable bonds is 1. The van der Waals surface area contributed by atoms with Crippen LogP contribution in [0.15, 0.2) is 35.6 Å². The molecule has 1 aliphatic rings. The first-order valence-electron chi connectivity index (χ1n) is 3.73. The Balaban J connectivity index is 3.17. The summed E-state index contributed by atoms with van der Waals surface area (Å²) in [6, 6.07) is 0. The molecule has 0 aliphatic heterocycles. The molecule has 0 fully saturated rings. The van der Waals surface area contributed by atoms with Gasteiger partial charge in [-0.05, 0) is 19.1 Å². The van der Waals surface area contributed by atoms with Crippen molar-refractivity contribution in [3.63, 3.8) is 0 Å². The van der Waals surface area contributed by atoms with Gasteiger partial charge in [0.05, 0.1) is 9.90 Å². The van der Waals surface area contributed by atoms with E-state index in [4.69, 9.17) is 10.8 Å². The van der Waals surface area contributed by atoms with Crippen molar-refractivity contribution >= 4 is 21.9 Å². The van der Waals surface area contributed by atoms with Crippen LogP contribution in [0.25, 0.3) is 0 Å². The number of hydrogen-bond acceptors (Lipinski definition) is 2. The quantitative estimate of drug-likeness (QED) is 0.688. The van der Waals surface area contributed by atoms with Crippen molar-refractivity contribution < 1.29 is 9.90 Å². The van der Waals surface area contributed by atoms with Crippen LogP contribution in [0, 0.1) is 0 Å². The highest BCUT2D eigenvalue weighted by atomic mass is 79.9. The van der Waals surface area contributed by atoms with Gasteiger partial charge in [-0.3, -0.25) is 0 Å². The maximum atomic E-state index is 10.8. The number of allylic oxidation sites excluding steroid dienone is 4. The number of carbonyl (C=O) groups is 1. The van der Waals surface area contributed by atoms with Crippen molar-refractivity contribution in [3.8, 4) is 0 Å². The van der Waals surface area contributed by atoms with Gasteiger partial charge in [0.15, 0.2) is 0 Å². The first-order chi connectivity index (χ1) is 5.92. The molecule has 0 heterocycles. The fraction of sp³-hybridized carbons (Fsp3) is 0.222. The van der Waals surface area contributed by atoms with E-state index in [0.29, 0.717) is 0 Å². The third-order valence-corrected chi connectivity index (χ3v) is 2.16. The molecule has 0 aromatic rings. The summed E-state index contributed by atoms with van der Waals surface area (Å²) < 4.78 is -0.446. The highest BCUT2D eigenvalue weighted by Crippen LogP contribution is 2.26. The second kappa shape index (κ2) is 3.38. The molecule has 1 unspecified atom stereocenters. The van der Waals surface area contributed by atoms with Gasteiger partial charge in [0.2, 0.25) is 0 Å². The average Bonchev–Trinajstić information content (AvgIpc) is 2.10. The van der Waals surface area contributed by atoms with Crippen LogP contribution in [0.1, 0.15) is 6.92 Å². The summed E-state index contributed by atoms with van der Waals surface area (Å²) in [5, 5.41) is 8.83. The maximum Gasteiger partial charge on any atom is 0.337 e. The van der Waals surface area contributed by atoms with E-state index in [1.807, 2.05) is 13.0 Å². The smallest absolute Gasteiger partial charge is 0.337 e. The van der Waals surface area contributed by atoms with Gasteiger partial charge in [0, 0.05) is 5.70 Å². The summed E-state index contributed by atoms with van der Waals surface area (Å²) in [4.78, 5) is 10.8. The second-order valence-corrected chi connectivity index (χ2v) is 4.70. The molecule has 0 aromatic carbocycles. The standard InChI is InChI=1S/C9H10BrNO2/c1-9(10)4-2-3-7(11)6(5-9)8(12)13/h2-5H,11H2,1H3,(H,12,13). The van der Waals surface area contributed by atoms with E-state index < -0.39 is 10.3 Å². The van der Waals surface area contributed by atoms with Crippen LogP contribution in [0.2, 0.25) is 0 Å². The molecule has 0 spiro atoms. The molecule has 3 N–H and O–H groups in total. The van der Waals surface area contributed by atoms with Crippen LogP contribution in [-0.4, -0.2) is 15.4 Å². The van der Waals surface area contributed by atoms with Gasteiger partial charge in [-0.1, -0.05) is 28.1 Å². The van der Waals surface area contributed by atoms with E-state index in [0.717, 1.165) is 0 Å². The topological polar surface area (TPSA) is 63.3 Å².